The van der Waals surface area contributed by atoms with Gasteiger partial charge < -0.3 is 20.1 Å². The second-order valence-corrected chi connectivity index (χ2v) is 5.37. The zero-order valence-electron chi connectivity index (χ0n) is 12.0. The van der Waals surface area contributed by atoms with Crippen LogP contribution < -0.4 is 20.1 Å². The molecule has 0 aliphatic carbocycles. The summed E-state index contributed by atoms with van der Waals surface area (Å²) in [4.78, 5) is 11.9. The number of aryl methyl sites for hydroxylation is 1. The molecule has 3 rings (SSSR count). The molecule has 0 bridgehead atoms. The van der Waals surface area contributed by atoms with Gasteiger partial charge in [0.1, 0.15) is 0 Å². The summed E-state index contributed by atoms with van der Waals surface area (Å²) in [6.45, 7) is 2.54. The monoisotopic (exact) mass is 318 g/mol. The topological polar surface area (TPSA) is 59.6 Å². The van der Waals surface area contributed by atoms with Gasteiger partial charge in [-0.2, -0.15) is 0 Å². The highest BCUT2D eigenvalue weighted by atomic mass is 35.5. The Balaban J connectivity index is 1.57. The number of anilines is 1. The van der Waals surface area contributed by atoms with E-state index in [1.807, 2.05) is 31.2 Å². The third-order valence-corrected chi connectivity index (χ3v) is 3.73. The number of urea groups is 1. The number of carbonyl (C=O) groups excluding carboxylic acids is 1. The Kier molecular flexibility index (Phi) is 4.06. The average Bonchev–Trinajstić information content (AvgIpc) is 2.96. The Bertz CT molecular complexity index is 719. The number of amides is 2. The van der Waals surface area contributed by atoms with Gasteiger partial charge in [-0.3, -0.25) is 0 Å². The van der Waals surface area contributed by atoms with Gasteiger partial charge in [-0.1, -0.05) is 23.7 Å². The maximum Gasteiger partial charge on any atom is 0.319 e. The third kappa shape index (κ3) is 3.26. The second kappa shape index (κ2) is 6.15. The van der Waals surface area contributed by atoms with E-state index < -0.39 is 0 Å². The molecule has 0 saturated carbocycles. The highest BCUT2D eigenvalue weighted by molar-refractivity contribution is 6.31. The van der Waals surface area contributed by atoms with Crippen molar-refractivity contribution in [2.24, 2.45) is 0 Å². The zero-order chi connectivity index (χ0) is 15.5. The fourth-order valence-corrected chi connectivity index (χ4v) is 2.26. The van der Waals surface area contributed by atoms with Crippen molar-refractivity contribution in [3.63, 3.8) is 0 Å². The van der Waals surface area contributed by atoms with Gasteiger partial charge in [0.2, 0.25) is 6.79 Å². The van der Waals surface area contributed by atoms with E-state index >= 15 is 0 Å². The minimum Gasteiger partial charge on any atom is -0.454 e. The maximum atomic E-state index is 11.9. The number of halogens is 1. The van der Waals surface area contributed by atoms with Gasteiger partial charge in [-0.25, -0.2) is 4.79 Å². The van der Waals surface area contributed by atoms with E-state index in [0.717, 1.165) is 16.9 Å². The van der Waals surface area contributed by atoms with Gasteiger partial charge in [0, 0.05) is 17.3 Å². The van der Waals surface area contributed by atoms with Crippen LogP contribution in [0.25, 0.3) is 0 Å². The van der Waals surface area contributed by atoms with Crippen LogP contribution >= 0.6 is 11.6 Å². The van der Waals surface area contributed by atoms with Gasteiger partial charge in [0.15, 0.2) is 11.5 Å². The molecule has 5 nitrogen and oxygen atoms in total. The number of carbonyl (C=O) groups is 1. The van der Waals surface area contributed by atoms with Crippen LogP contribution in [-0.2, 0) is 6.54 Å². The summed E-state index contributed by atoms with van der Waals surface area (Å²) >= 11 is 6.03. The molecule has 6 heteroatoms. The van der Waals surface area contributed by atoms with Gasteiger partial charge in [-0.15, -0.1) is 0 Å². The molecule has 0 fully saturated rings. The molecule has 114 valence electrons. The lowest BCUT2D eigenvalue weighted by Crippen LogP contribution is -2.28. The van der Waals surface area contributed by atoms with Crippen LogP contribution in [0, 0.1) is 6.92 Å². The van der Waals surface area contributed by atoms with Crippen molar-refractivity contribution in [3.05, 3.63) is 52.5 Å². The molecular formula is C16H15ClN2O3. The van der Waals surface area contributed by atoms with Crippen LogP contribution in [0.3, 0.4) is 0 Å². The van der Waals surface area contributed by atoms with Crippen molar-refractivity contribution >= 4 is 23.3 Å². The summed E-state index contributed by atoms with van der Waals surface area (Å²) in [5.74, 6) is 1.42. The Morgan fingerprint density at radius 1 is 1.18 bits per heavy atom. The van der Waals surface area contributed by atoms with Crippen molar-refractivity contribution < 1.29 is 14.3 Å². The third-order valence-electron chi connectivity index (χ3n) is 3.32. The van der Waals surface area contributed by atoms with E-state index in [1.54, 1.807) is 12.1 Å². The first-order valence-electron chi connectivity index (χ1n) is 6.81. The number of nitrogens with one attached hydrogen (secondary N) is 2. The van der Waals surface area contributed by atoms with Gasteiger partial charge in [0.05, 0.1) is 0 Å². The van der Waals surface area contributed by atoms with Crippen LogP contribution in [-0.4, -0.2) is 12.8 Å². The lowest BCUT2D eigenvalue weighted by molar-refractivity contribution is 0.174. The smallest absolute Gasteiger partial charge is 0.319 e. The molecule has 2 amide bonds. The SMILES string of the molecule is Cc1ccc(NC(=O)NCc2ccc3c(c2)OCO3)cc1Cl. The minimum absolute atomic E-state index is 0.237. The molecule has 2 N–H and O–H groups in total. The van der Waals surface area contributed by atoms with Gasteiger partial charge >= 0.3 is 6.03 Å². The van der Waals surface area contributed by atoms with Gasteiger partial charge in [-0.05, 0) is 42.3 Å². The predicted molar refractivity (Wildman–Crippen MR) is 84.6 cm³/mol. The molecule has 0 saturated heterocycles. The van der Waals surface area contributed by atoms with Gasteiger partial charge in [0.25, 0.3) is 0 Å². The summed E-state index contributed by atoms with van der Waals surface area (Å²) in [6.07, 6.45) is 0. The van der Waals surface area contributed by atoms with Crippen LogP contribution in [0.5, 0.6) is 11.5 Å². The van der Waals surface area contributed by atoms with E-state index in [9.17, 15) is 4.79 Å². The van der Waals surface area contributed by atoms with Crippen molar-refractivity contribution in [3.8, 4) is 11.5 Å². The Hall–Kier alpha value is -2.40. The predicted octanol–water partition coefficient (Wildman–Crippen LogP) is 3.70. The molecule has 22 heavy (non-hydrogen) atoms. The second-order valence-electron chi connectivity index (χ2n) is 4.96. The first kappa shape index (κ1) is 14.5. The molecule has 2 aromatic rings. The van der Waals surface area contributed by atoms with Crippen molar-refractivity contribution in [1.29, 1.82) is 0 Å². The molecule has 2 aromatic carbocycles. The van der Waals surface area contributed by atoms with E-state index in [2.05, 4.69) is 10.6 Å². The quantitative estimate of drug-likeness (QED) is 0.907. The normalized spacial score (nSPS) is 12.1. The molecule has 0 spiro atoms. The van der Waals surface area contributed by atoms with Crippen LogP contribution in [0.2, 0.25) is 5.02 Å². The van der Waals surface area contributed by atoms with Crippen molar-refractivity contribution in [1.82, 2.24) is 5.32 Å². The molecular weight excluding hydrogens is 304 g/mol. The fourth-order valence-electron chi connectivity index (χ4n) is 2.08. The van der Waals surface area contributed by atoms with E-state index in [-0.39, 0.29) is 12.8 Å². The summed E-state index contributed by atoms with van der Waals surface area (Å²) in [5.41, 5.74) is 2.55. The van der Waals surface area contributed by atoms with Crippen molar-refractivity contribution in [2.75, 3.05) is 12.1 Å². The number of fused-ring (bicyclic) bond motifs is 1. The lowest BCUT2D eigenvalue weighted by atomic mass is 10.2. The molecule has 1 aliphatic heterocycles. The number of ether oxygens (including phenoxy) is 2. The molecule has 0 unspecified atom stereocenters. The summed E-state index contributed by atoms with van der Waals surface area (Å²) < 4.78 is 10.5. The maximum absolute atomic E-state index is 11.9. The van der Waals surface area contributed by atoms with Crippen LogP contribution in [0.4, 0.5) is 10.5 Å². The first-order chi connectivity index (χ1) is 10.6. The highest BCUT2D eigenvalue weighted by Gasteiger charge is 2.13. The van der Waals surface area contributed by atoms with Crippen molar-refractivity contribution in [2.45, 2.75) is 13.5 Å². The zero-order valence-corrected chi connectivity index (χ0v) is 12.7. The number of rotatable bonds is 3. The number of hydrogen-bond acceptors (Lipinski definition) is 3. The Morgan fingerprint density at radius 2 is 2.00 bits per heavy atom. The summed E-state index contributed by atoms with van der Waals surface area (Å²) in [7, 11) is 0. The molecule has 1 heterocycles. The Labute approximate surface area is 133 Å². The largest absolute Gasteiger partial charge is 0.454 e. The Morgan fingerprint density at radius 3 is 2.82 bits per heavy atom. The minimum atomic E-state index is -0.294. The summed E-state index contributed by atoms with van der Waals surface area (Å²) in [5, 5.41) is 6.14. The molecule has 0 radical (unpaired) electrons. The van der Waals surface area contributed by atoms with Crippen LogP contribution in [0.1, 0.15) is 11.1 Å². The standard InChI is InChI=1S/C16H15ClN2O3/c1-10-2-4-12(7-13(10)17)19-16(20)18-8-11-3-5-14-15(6-11)22-9-21-14/h2-7H,8-9H2,1H3,(H2,18,19,20). The van der Waals surface area contributed by atoms with E-state index in [4.69, 9.17) is 21.1 Å². The fraction of sp³-hybridized carbons (Fsp3) is 0.188. The average molecular weight is 319 g/mol. The summed E-state index contributed by atoms with van der Waals surface area (Å²) in [6, 6.07) is 10.7. The first-order valence-corrected chi connectivity index (χ1v) is 7.19. The molecule has 0 aromatic heterocycles. The van der Waals surface area contributed by atoms with E-state index in [1.165, 1.54) is 0 Å². The molecule has 1 aliphatic rings. The van der Waals surface area contributed by atoms with Crippen LogP contribution in [0.15, 0.2) is 36.4 Å². The molecule has 0 atom stereocenters. The lowest BCUT2D eigenvalue weighted by Gasteiger charge is -2.09. The highest BCUT2D eigenvalue weighted by Crippen LogP contribution is 2.32. The number of hydrogen-bond donors (Lipinski definition) is 2. The van der Waals surface area contributed by atoms with E-state index in [0.29, 0.717) is 23.0 Å². The number of benzene rings is 2.